The second-order valence-electron chi connectivity index (χ2n) is 3.98. The van der Waals surface area contributed by atoms with Gasteiger partial charge in [0, 0.05) is 17.6 Å². The number of rotatable bonds is 3. The minimum absolute atomic E-state index is 0.00747. The highest BCUT2D eigenvalue weighted by Crippen LogP contribution is 2.13. The summed E-state index contributed by atoms with van der Waals surface area (Å²) in [5, 5.41) is 4.37. The van der Waals surface area contributed by atoms with Gasteiger partial charge in [-0.15, -0.1) is 0 Å². The van der Waals surface area contributed by atoms with Gasteiger partial charge >= 0.3 is 0 Å². The standard InChI is InChI=1S/C13H16N2O/c1-3-14-8-10-4-5-12-11(7-10)6-9(2)13(16)15-12/h4-7,14H,3,8H2,1-2H3,(H,15,16). The fourth-order valence-electron chi connectivity index (χ4n) is 1.74. The Kier molecular flexibility index (Phi) is 3.06. The van der Waals surface area contributed by atoms with Crippen molar-refractivity contribution < 1.29 is 0 Å². The molecule has 2 aromatic rings. The SMILES string of the molecule is CCNCc1ccc2[nH]c(=O)c(C)cc2c1. The molecule has 0 aliphatic heterocycles. The van der Waals surface area contributed by atoms with Crippen LogP contribution in [0.25, 0.3) is 10.9 Å². The van der Waals surface area contributed by atoms with Crippen molar-refractivity contribution in [3.63, 3.8) is 0 Å². The van der Waals surface area contributed by atoms with Gasteiger partial charge in [0.15, 0.2) is 0 Å². The highest BCUT2D eigenvalue weighted by atomic mass is 16.1. The fraction of sp³-hybridized carbons (Fsp3) is 0.308. The number of pyridine rings is 1. The lowest BCUT2D eigenvalue weighted by Crippen LogP contribution is -2.12. The summed E-state index contributed by atoms with van der Waals surface area (Å²) in [6.45, 7) is 5.74. The van der Waals surface area contributed by atoms with Crippen molar-refractivity contribution in [1.29, 1.82) is 0 Å². The van der Waals surface area contributed by atoms with Crippen LogP contribution < -0.4 is 10.9 Å². The topological polar surface area (TPSA) is 44.9 Å². The number of aryl methyl sites for hydroxylation is 1. The third kappa shape index (κ3) is 2.14. The second kappa shape index (κ2) is 4.49. The molecule has 3 nitrogen and oxygen atoms in total. The average molecular weight is 216 g/mol. The van der Waals surface area contributed by atoms with E-state index in [4.69, 9.17) is 0 Å². The number of benzene rings is 1. The zero-order chi connectivity index (χ0) is 11.5. The van der Waals surface area contributed by atoms with Gasteiger partial charge in [0.2, 0.25) is 0 Å². The average Bonchev–Trinajstić information content (AvgIpc) is 2.28. The molecule has 0 aliphatic rings. The summed E-state index contributed by atoms with van der Waals surface area (Å²) in [5.41, 5.74) is 2.89. The number of H-pyrrole nitrogens is 1. The van der Waals surface area contributed by atoms with Crippen molar-refractivity contribution in [3.05, 3.63) is 45.7 Å². The van der Waals surface area contributed by atoms with Gasteiger partial charge in [0.1, 0.15) is 0 Å². The molecular weight excluding hydrogens is 200 g/mol. The van der Waals surface area contributed by atoms with Crippen LogP contribution in [0.15, 0.2) is 29.1 Å². The Bertz CT molecular complexity index is 557. The minimum atomic E-state index is -0.00747. The maximum atomic E-state index is 11.4. The Balaban J connectivity index is 2.45. The second-order valence-corrected chi connectivity index (χ2v) is 3.98. The van der Waals surface area contributed by atoms with Gasteiger partial charge in [-0.2, -0.15) is 0 Å². The molecule has 0 unspecified atom stereocenters. The Morgan fingerprint density at radius 2 is 2.12 bits per heavy atom. The maximum Gasteiger partial charge on any atom is 0.251 e. The molecule has 0 aliphatic carbocycles. The lowest BCUT2D eigenvalue weighted by Gasteiger charge is -2.04. The fourth-order valence-corrected chi connectivity index (χ4v) is 1.74. The van der Waals surface area contributed by atoms with Crippen molar-refractivity contribution >= 4 is 10.9 Å². The van der Waals surface area contributed by atoms with E-state index in [-0.39, 0.29) is 5.56 Å². The molecule has 0 amide bonds. The first-order valence-corrected chi connectivity index (χ1v) is 5.54. The van der Waals surface area contributed by atoms with Crippen LogP contribution in [0, 0.1) is 6.92 Å². The van der Waals surface area contributed by atoms with Gasteiger partial charge in [0.25, 0.3) is 5.56 Å². The summed E-state index contributed by atoms with van der Waals surface area (Å²) < 4.78 is 0. The molecule has 0 atom stereocenters. The normalized spacial score (nSPS) is 10.9. The van der Waals surface area contributed by atoms with Crippen LogP contribution >= 0.6 is 0 Å². The molecule has 2 rings (SSSR count). The van der Waals surface area contributed by atoms with Crippen LogP contribution in [0.3, 0.4) is 0 Å². The summed E-state index contributed by atoms with van der Waals surface area (Å²) in [5.74, 6) is 0. The largest absolute Gasteiger partial charge is 0.322 e. The predicted molar refractivity (Wildman–Crippen MR) is 66.7 cm³/mol. The van der Waals surface area contributed by atoms with Crippen molar-refractivity contribution in [2.75, 3.05) is 6.54 Å². The summed E-state index contributed by atoms with van der Waals surface area (Å²) in [4.78, 5) is 14.3. The van der Waals surface area contributed by atoms with E-state index in [9.17, 15) is 4.79 Å². The first-order valence-electron chi connectivity index (χ1n) is 5.54. The highest BCUT2D eigenvalue weighted by molar-refractivity contribution is 5.79. The zero-order valence-corrected chi connectivity index (χ0v) is 9.63. The molecule has 1 aromatic heterocycles. The van der Waals surface area contributed by atoms with Crippen molar-refractivity contribution in [3.8, 4) is 0 Å². The lowest BCUT2D eigenvalue weighted by atomic mass is 10.1. The van der Waals surface area contributed by atoms with Gasteiger partial charge in [-0.3, -0.25) is 4.79 Å². The molecule has 0 bridgehead atoms. The Hall–Kier alpha value is -1.61. The monoisotopic (exact) mass is 216 g/mol. The van der Waals surface area contributed by atoms with Crippen LogP contribution in [-0.2, 0) is 6.54 Å². The Morgan fingerprint density at radius 1 is 1.31 bits per heavy atom. The smallest absolute Gasteiger partial charge is 0.251 e. The first-order chi connectivity index (χ1) is 7.70. The van der Waals surface area contributed by atoms with Gasteiger partial charge in [-0.05, 0) is 42.6 Å². The van der Waals surface area contributed by atoms with E-state index >= 15 is 0 Å². The number of nitrogens with one attached hydrogen (secondary N) is 2. The molecular formula is C13H16N2O. The summed E-state index contributed by atoms with van der Waals surface area (Å²) in [6, 6.07) is 8.05. The van der Waals surface area contributed by atoms with E-state index in [1.54, 1.807) is 0 Å². The molecule has 1 aromatic carbocycles. The highest BCUT2D eigenvalue weighted by Gasteiger charge is 1.99. The van der Waals surface area contributed by atoms with E-state index in [1.807, 2.05) is 25.1 Å². The number of aromatic nitrogens is 1. The van der Waals surface area contributed by atoms with Crippen molar-refractivity contribution in [2.24, 2.45) is 0 Å². The summed E-state index contributed by atoms with van der Waals surface area (Å²) in [7, 11) is 0. The lowest BCUT2D eigenvalue weighted by molar-refractivity contribution is 0.727. The van der Waals surface area contributed by atoms with Crippen LogP contribution in [0.4, 0.5) is 0 Å². The van der Waals surface area contributed by atoms with Crippen molar-refractivity contribution in [2.45, 2.75) is 20.4 Å². The number of hydrogen-bond acceptors (Lipinski definition) is 2. The van der Waals surface area contributed by atoms with Crippen molar-refractivity contribution in [1.82, 2.24) is 10.3 Å². The van der Waals surface area contributed by atoms with E-state index in [0.29, 0.717) is 0 Å². The Labute approximate surface area is 94.5 Å². The quantitative estimate of drug-likeness (QED) is 0.823. The molecule has 0 radical (unpaired) electrons. The maximum absolute atomic E-state index is 11.4. The molecule has 0 fully saturated rings. The molecule has 3 heteroatoms. The number of aromatic amines is 1. The van der Waals surface area contributed by atoms with Gasteiger partial charge in [-0.25, -0.2) is 0 Å². The Morgan fingerprint density at radius 3 is 2.88 bits per heavy atom. The molecule has 84 valence electrons. The number of hydrogen-bond donors (Lipinski definition) is 2. The number of fused-ring (bicyclic) bond motifs is 1. The van der Waals surface area contributed by atoms with E-state index in [1.165, 1.54) is 5.56 Å². The van der Waals surface area contributed by atoms with Crippen LogP contribution in [0.1, 0.15) is 18.1 Å². The molecule has 1 heterocycles. The first kappa shape index (κ1) is 10.9. The van der Waals surface area contributed by atoms with Crippen LogP contribution in [0.2, 0.25) is 0 Å². The van der Waals surface area contributed by atoms with E-state index in [0.717, 1.165) is 29.6 Å². The van der Waals surface area contributed by atoms with Gasteiger partial charge in [-0.1, -0.05) is 13.0 Å². The molecule has 2 N–H and O–H groups in total. The summed E-state index contributed by atoms with van der Waals surface area (Å²) in [6.07, 6.45) is 0. The van der Waals surface area contributed by atoms with Gasteiger partial charge in [0.05, 0.1) is 0 Å². The van der Waals surface area contributed by atoms with E-state index < -0.39 is 0 Å². The minimum Gasteiger partial charge on any atom is -0.322 e. The zero-order valence-electron chi connectivity index (χ0n) is 9.63. The predicted octanol–water partition coefficient (Wildman–Crippen LogP) is 1.95. The molecule has 16 heavy (non-hydrogen) atoms. The molecule has 0 spiro atoms. The third-order valence-corrected chi connectivity index (χ3v) is 2.67. The molecule has 0 saturated heterocycles. The third-order valence-electron chi connectivity index (χ3n) is 2.67. The summed E-state index contributed by atoms with van der Waals surface area (Å²) >= 11 is 0. The van der Waals surface area contributed by atoms with Crippen LogP contribution in [0.5, 0.6) is 0 Å². The van der Waals surface area contributed by atoms with E-state index in [2.05, 4.69) is 23.3 Å². The van der Waals surface area contributed by atoms with Gasteiger partial charge < -0.3 is 10.3 Å². The van der Waals surface area contributed by atoms with Crippen LogP contribution in [-0.4, -0.2) is 11.5 Å². The molecule has 0 saturated carbocycles.